The molecule has 9 heteroatoms. The molecule has 0 aliphatic heterocycles. The molecule has 6 nitrogen and oxygen atoms in total. The number of ether oxygens (including phenoxy) is 1. The third-order valence-corrected chi connectivity index (χ3v) is 6.03. The topological polar surface area (TPSA) is 76.4 Å². The van der Waals surface area contributed by atoms with Crippen LogP contribution in [0.25, 0.3) is 11.0 Å². The van der Waals surface area contributed by atoms with Crippen LogP contribution in [0, 0.1) is 5.82 Å². The minimum Gasteiger partial charge on any atom is -0.435 e. The highest BCUT2D eigenvalue weighted by Gasteiger charge is 2.38. The van der Waals surface area contributed by atoms with E-state index in [1.807, 2.05) is 13.0 Å². The molecule has 1 heterocycles. The Labute approximate surface area is 183 Å². The number of nitrogens with zero attached hydrogens (tertiary/aromatic N) is 2. The van der Waals surface area contributed by atoms with Crippen LogP contribution in [0.3, 0.4) is 0 Å². The van der Waals surface area contributed by atoms with Gasteiger partial charge in [-0.1, -0.05) is 30.3 Å². The molecular weight excluding hydrogens is 423 g/mol. The van der Waals surface area contributed by atoms with Gasteiger partial charge in [0.25, 0.3) is 0 Å². The summed E-state index contributed by atoms with van der Waals surface area (Å²) in [5, 5.41) is 13.5. The van der Waals surface area contributed by atoms with Crippen molar-refractivity contribution in [1.82, 2.24) is 9.55 Å². The van der Waals surface area contributed by atoms with E-state index >= 15 is 0 Å². The van der Waals surface area contributed by atoms with Gasteiger partial charge in [-0.25, -0.2) is 9.37 Å². The van der Waals surface area contributed by atoms with Gasteiger partial charge < -0.3 is 14.4 Å². The van der Waals surface area contributed by atoms with Crippen LogP contribution in [0.4, 0.5) is 19.1 Å². The molecule has 0 saturated heterocycles. The van der Waals surface area contributed by atoms with E-state index in [0.29, 0.717) is 5.56 Å². The predicted octanol–water partition coefficient (Wildman–Crippen LogP) is 4.91. The highest BCUT2D eigenvalue weighted by molar-refractivity contribution is 5.92. The van der Waals surface area contributed by atoms with E-state index in [1.54, 1.807) is 28.8 Å². The van der Waals surface area contributed by atoms with Crippen LogP contribution < -0.4 is 10.1 Å². The van der Waals surface area contributed by atoms with Crippen molar-refractivity contribution in [3.63, 3.8) is 0 Å². The maximum atomic E-state index is 14.7. The third kappa shape index (κ3) is 4.17. The molecule has 0 radical (unpaired) electrons. The first-order valence-corrected chi connectivity index (χ1v) is 10.3. The third-order valence-electron chi connectivity index (χ3n) is 6.03. The summed E-state index contributed by atoms with van der Waals surface area (Å²) in [5.74, 6) is -1.56. The molecular formula is C23H24F3N3O3. The normalized spacial score (nSPS) is 17.1. The fourth-order valence-corrected chi connectivity index (χ4v) is 4.21. The number of carbonyl (C=O) groups is 1. The number of carbonyl (C=O) groups excluding carboxylic acids is 1. The number of nitrogens with one attached hydrogen (secondary N) is 1. The van der Waals surface area contributed by atoms with Crippen molar-refractivity contribution in [1.29, 1.82) is 0 Å². The first-order chi connectivity index (χ1) is 15.1. The number of rotatable bonds is 7. The zero-order valence-corrected chi connectivity index (χ0v) is 17.7. The highest BCUT2D eigenvalue weighted by Crippen LogP contribution is 2.44. The Balaban J connectivity index is 1.69. The Kier molecular flexibility index (Phi) is 5.62. The van der Waals surface area contributed by atoms with Gasteiger partial charge in [0, 0.05) is 17.7 Å². The lowest BCUT2D eigenvalue weighted by molar-refractivity contribution is -0.120. The summed E-state index contributed by atoms with van der Waals surface area (Å²) in [6, 6.07) is 10.9. The number of fused-ring (bicyclic) bond motifs is 1. The largest absolute Gasteiger partial charge is 0.435 e. The molecule has 1 fully saturated rings. The number of anilines is 1. The zero-order chi connectivity index (χ0) is 23.1. The van der Waals surface area contributed by atoms with Crippen LogP contribution in [0.2, 0.25) is 0 Å². The summed E-state index contributed by atoms with van der Waals surface area (Å²) in [5.41, 5.74) is -1.10. The molecule has 1 atom stereocenters. The van der Waals surface area contributed by atoms with Crippen molar-refractivity contribution in [2.24, 2.45) is 0 Å². The summed E-state index contributed by atoms with van der Waals surface area (Å²) in [7, 11) is 0. The Hall–Kier alpha value is -3.07. The van der Waals surface area contributed by atoms with Crippen molar-refractivity contribution < 1.29 is 27.8 Å². The van der Waals surface area contributed by atoms with E-state index in [-0.39, 0.29) is 29.2 Å². The second kappa shape index (κ2) is 8.12. The van der Waals surface area contributed by atoms with Crippen molar-refractivity contribution in [3.05, 3.63) is 53.8 Å². The van der Waals surface area contributed by atoms with E-state index in [0.717, 1.165) is 25.3 Å². The lowest BCUT2D eigenvalue weighted by Crippen LogP contribution is -2.38. The molecule has 1 aliphatic rings. The van der Waals surface area contributed by atoms with Crippen molar-refractivity contribution in [2.45, 2.75) is 57.3 Å². The highest BCUT2D eigenvalue weighted by atomic mass is 19.3. The zero-order valence-electron chi connectivity index (χ0n) is 17.7. The van der Waals surface area contributed by atoms with E-state index in [2.05, 4.69) is 15.0 Å². The van der Waals surface area contributed by atoms with E-state index in [1.165, 1.54) is 13.0 Å². The lowest BCUT2D eigenvalue weighted by Gasteiger charge is -2.41. The second-order valence-corrected chi connectivity index (χ2v) is 8.64. The van der Waals surface area contributed by atoms with Gasteiger partial charge in [-0.15, -0.1) is 0 Å². The fraction of sp³-hybridized carbons (Fsp3) is 0.391. The van der Waals surface area contributed by atoms with Crippen LogP contribution in [0.1, 0.15) is 45.1 Å². The molecule has 3 aromatic rings. The molecule has 1 amide bonds. The Morgan fingerprint density at radius 2 is 2.00 bits per heavy atom. The number of aliphatic hydroxyl groups is 1. The standard InChI is InChI=1S/C23H24F3N3O3/c1-22(9-6-10-22)29-17-12-15(32-20(25)26)11-16(24)19(17)28-21(29)27-18(30)13-23(2,31)14-7-4-3-5-8-14/h3-5,7-8,11-12,20,31H,6,9-10,13H2,1-2H3,(H,27,28,30). The number of imidazole rings is 1. The maximum Gasteiger partial charge on any atom is 0.387 e. The quantitative estimate of drug-likeness (QED) is 0.540. The summed E-state index contributed by atoms with van der Waals surface area (Å²) >= 11 is 0. The molecule has 0 bridgehead atoms. The fourth-order valence-electron chi connectivity index (χ4n) is 4.21. The minimum absolute atomic E-state index is 0.0511. The number of hydrogen-bond donors (Lipinski definition) is 2. The van der Waals surface area contributed by atoms with Gasteiger partial charge in [0.1, 0.15) is 11.3 Å². The summed E-state index contributed by atoms with van der Waals surface area (Å²) in [6.07, 6.45) is 2.19. The summed E-state index contributed by atoms with van der Waals surface area (Å²) in [4.78, 5) is 17.1. The number of alkyl halides is 2. The SMILES string of the molecule is CC(O)(CC(=O)Nc1nc2c(F)cc(OC(F)F)cc2n1C1(C)CCC1)c1ccccc1. The Morgan fingerprint density at radius 1 is 1.31 bits per heavy atom. The molecule has 0 spiro atoms. The molecule has 2 N–H and O–H groups in total. The molecule has 170 valence electrons. The smallest absolute Gasteiger partial charge is 0.387 e. The van der Waals surface area contributed by atoms with Crippen LogP contribution >= 0.6 is 0 Å². The van der Waals surface area contributed by atoms with Crippen molar-refractivity contribution in [2.75, 3.05) is 5.32 Å². The van der Waals surface area contributed by atoms with Crippen LogP contribution in [0.5, 0.6) is 5.75 Å². The minimum atomic E-state index is -3.10. The number of benzene rings is 2. The van der Waals surface area contributed by atoms with Gasteiger partial charge in [-0.2, -0.15) is 8.78 Å². The van der Waals surface area contributed by atoms with Gasteiger partial charge >= 0.3 is 6.61 Å². The summed E-state index contributed by atoms with van der Waals surface area (Å²) < 4.78 is 46.1. The average Bonchev–Trinajstić information content (AvgIpc) is 3.04. The van der Waals surface area contributed by atoms with Gasteiger partial charge in [0.15, 0.2) is 5.82 Å². The predicted molar refractivity (Wildman–Crippen MR) is 113 cm³/mol. The van der Waals surface area contributed by atoms with Crippen molar-refractivity contribution >= 4 is 22.9 Å². The number of amides is 1. The van der Waals surface area contributed by atoms with Crippen LogP contribution in [-0.4, -0.2) is 27.2 Å². The Bertz CT molecular complexity index is 1140. The lowest BCUT2D eigenvalue weighted by atomic mass is 9.78. The van der Waals surface area contributed by atoms with Gasteiger partial charge in [-0.05, 0) is 38.7 Å². The number of halogens is 3. The molecule has 4 rings (SSSR count). The van der Waals surface area contributed by atoms with Crippen molar-refractivity contribution in [3.8, 4) is 5.75 Å². The first kappa shape index (κ1) is 22.1. The maximum absolute atomic E-state index is 14.7. The molecule has 1 aliphatic carbocycles. The Morgan fingerprint density at radius 3 is 2.59 bits per heavy atom. The molecule has 1 unspecified atom stereocenters. The van der Waals surface area contributed by atoms with Crippen LogP contribution in [-0.2, 0) is 15.9 Å². The van der Waals surface area contributed by atoms with Crippen LogP contribution in [0.15, 0.2) is 42.5 Å². The average molecular weight is 447 g/mol. The van der Waals surface area contributed by atoms with E-state index in [4.69, 9.17) is 0 Å². The monoisotopic (exact) mass is 447 g/mol. The molecule has 1 saturated carbocycles. The van der Waals surface area contributed by atoms with Gasteiger partial charge in [-0.3, -0.25) is 10.1 Å². The number of hydrogen-bond acceptors (Lipinski definition) is 4. The first-order valence-electron chi connectivity index (χ1n) is 10.3. The van der Waals surface area contributed by atoms with Gasteiger partial charge in [0.2, 0.25) is 11.9 Å². The number of aromatic nitrogens is 2. The molecule has 1 aromatic heterocycles. The summed E-state index contributed by atoms with van der Waals surface area (Å²) in [6.45, 7) is 0.374. The molecule has 2 aromatic carbocycles. The van der Waals surface area contributed by atoms with E-state index in [9.17, 15) is 23.1 Å². The van der Waals surface area contributed by atoms with E-state index < -0.39 is 29.5 Å². The second-order valence-electron chi connectivity index (χ2n) is 8.64. The van der Waals surface area contributed by atoms with Gasteiger partial charge in [0.05, 0.1) is 17.5 Å². The molecule has 32 heavy (non-hydrogen) atoms.